The maximum Gasteiger partial charge on any atom is 0.257 e. The fourth-order valence-corrected chi connectivity index (χ4v) is 1.94. The summed E-state index contributed by atoms with van der Waals surface area (Å²) in [5.41, 5.74) is 0.863. The van der Waals surface area contributed by atoms with E-state index in [1.54, 1.807) is 18.2 Å². The van der Waals surface area contributed by atoms with Gasteiger partial charge in [0.15, 0.2) is 6.61 Å². The third kappa shape index (κ3) is 6.74. The third-order valence-corrected chi connectivity index (χ3v) is 3.46. The molecule has 0 unspecified atom stereocenters. The van der Waals surface area contributed by atoms with Crippen LogP contribution in [-0.4, -0.2) is 40.3 Å². The first-order chi connectivity index (χ1) is 9.28. The summed E-state index contributed by atoms with van der Waals surface area (Å²) in [6.45, 7) is 2.05. The van der Waals surface area contributed by atoms with Crippen molar-refractivity contribution in [1.82, 2.24) is 10.0 Å². The zero-order valence-electron chi connectivity index (χ0n) is 11.3. The predicted octanol–water partition coefficient (Wildman–Crippen LogP) is 0.693. The average Bonchev–Trinajstić information content (AvgIpc) is 2.35. The number of rotatable bonds is 7. The van der Waals surface area contributed by atoms with Crippen LogP contribution in [0.3, 0.4) is 0 Å². The summed E-state index contributed by atoms with van der Waals surface area (Å²) >= 11 is 5.87. The zero-order valence-corrected chi connectivity index (χ0v) is 12.8. The molecule has 1 aromatic rings. The highest BCUT2D eigenvalue weighted by Crippen LogP contribution is 2.20. The van der Waals surface area contributed by atoms with Gasteiger partial charge in [-0.25, -0.2) is 13.1 Å². The molecule has 20 heavy (non-hydrogen) atoms. The lowest BCUT2D eigenvalue weighted by molar-refractivity contribution is -0.123. The Morgan fingerprint density at radius 2 is 2.05 bits per heavy atom. The molecule has 0 atom stereocenters. The van der Waals surface area contributed by atoms with Crippen LogP contribution in [0.5, 0.6) is 5.75 Å². The number of halogens is 1. The van der Waals surface area contributed by atoms with Crippen molar-refractivity contribution in [3.05, 3.63) is 28.8 Å². The van der Waals surface area contributed by atoms with Gasteiger partial charge in [0.1, 0.15) is 5.75 Å². The lowest BCUT2D eigenvalue weighted by Gasteiger charge is -2.08. The highest BCUT2D eigenvalue weighted by molar-refractivity contribution is 7.88. The average molecular weight is 321 g/mol. The number of hydrogen-bond acceptors (Lipinski definition) is 4. The second-order valence-electron chi connectivity index (χ2n) is 4.22. The molecule has 0 saturated carbocycles. The minimum atomic E-state index is -3.23. The van der Waals surface area contributed by atoms with Gasteiger partial charge in [-0.1, -0.05) is 11.6 Å². The van der Waals surface area contributed by atoms with Gasteiger partial charge < -0.3 is 10.1 Å². The molecule has 0 aliphatic rings. The number of carbonyl (C=O) groups is 1. The molecule has 0 fully saturated rings. The molecule has 0 saturated heterocycles. The molecule has 0 heterocycles. The lowest BCUT2D eigenvalue weighted by atomic mass is 10.2. The number of carbonyl (C=O) groups excluding carboxylic acids is 1. The molecule has 0 spiro atoms. The number of hydrogen-bond donors (Lipinski definition) is 2. The van der Waals surface area contributed by atoms with Crippen molar-refractivity contribution in [2.24, 2.45) is 0 Å². The monoisotopic (exact) mass is 320 g/mol. The van der Waals surface area contributed by atoms with E-state index in [9.17, 15) is 13.2 Å². The van der Waals surface area contributed by atoms with Crippen LogP contribution in [0, 0.1) is 6.92 Å². The van der Waals surface area contributed by atoms with Crippen LogP contribution in [-0.2, 0) is 14.8 Å². The molecule has 8 heteroatoms. The molecule has 0 aliphatic carbocycles. The summed E-state index contributed by atoms with van der Waals surface area (Å²) in [4.78, 5) is 11.5. The van der Waals surface area contributed by atoms with Crippen LogP contribution in [0.2, 0.25) is 5.02 Å². The number of benzene rings is 1. The summed E-state index contributed by atoms with van der Waals surface area (Å²) < 4.78 is 29.1. The lowest BCUT2D eigenvalue weighted by Crippen LogP contribution is -2.36. The van der Waals surface area contributed by atoms with E-state index in [1.165, 1.54) is 0 Å². The fraction of sp³-hybridized carbons (Fsp3) is 0.417. The maximum atomic E-state index is 11.5. The Kier molecular flexibility index (Phi) is 6.25. The van der Waals surface area contributed by atoms with Gasteiger partial charge >= 0.3 is 0 Å². The summed E-state index contributed by atoms with van der Waals surface area (Å²) in [5.74, 6) is 0.226. The second kappa shape index (κ2) is 7.47. The third-order valence-electron chi connectivity index (χ3n) is 2.31. The molecule has 1 aromatic carbocycles. The SMILES string of the molecule is Cc1cc(OCC(=O)NCCNS(C)(=O)=O)ccc1Cl. The first-order valence-electron chi connectivity index (χ1n) is 5.88. The molecule has 0 bridgehead atoms. The summed E-state index contributed by atoms with van der Waals surface area (Å²) in [6.07, 6.45) is 1.06. The molecular weight excluding hydrogens is 304 g/mol. The normalized spacial score (nSPS) is 11.2. The van der Waals surface area contributed by atoms with Crippen LogP contribution in [0.4, 0.5) is 0 Å². The van der Waals surface area contributed by atoms with Crippen molar-refractivity contribution in [2.45, 2.75) is 6.92 Å². The number of nitrogens with one attached hydrogen (secondary N) is 2. The van der Waals surface area contributed by atoms with Crippen molar-refractivity contribution in [1.29, 1.82) is 0 Å². The first kappa shape index (κ1) is 16.7. The highest BCUT2D eigenvalue weighted by Gasteiger charge is 2.04. The maximum absolute atomic E-state index is 11.5. The van der Waals surface area contributed by atoms with E-state index in [0.717, 1.165) is 11.8 Å². The van der Waals surface area contributed by atoms with Crippen molar-refractivity contribution >= 4 is 27.5 Å². The molecule has 6 nitrogen and oxygen atoms in total. The van der Waals surface area contributed by atoms with E-state index in [4.69, 9.17) is 16.3 Å². The Balaban J connectivity index is 2.27. The van der Waals surface area contributed by atoms with Crippen molar-refractivity contribution < 1.29 is 17.9 Å². The Labute approximate surface area is 123 Å². The van der Waals surface area contributed by atoms with Crippen molar-refractivity contribution in [3.8, 4) is 5.75 Å². The largest absolute Gasteiger partial charge is 0.484 e. The van der Waals surface area contributed by atoms with E-state index in [1.807, 2.05) is 6.92 Å². The van der Waals surface area contributed by atoms with Gasteiger partial charge in [-0.15, -0.1) is 0 Å². The minimum absolute atomic E-state index is 0.139. The second-order valence-corrected chi connectivity index (χ2v) is 6.46. The topological polar surface area (TPSA) is 84.5 Å². The van der Waals surface area contributed by atoms with E-state index in [0.29, 0.717) is 10.8 Å². The smallest absolute Gasteiger partial charge is 0.257 e. The van der Waals surface area contributed by atoms with Crippen LogP contribution in [0.25, 0.3) is 0 Å². The van der Waals surface area contributed by atoms with Crippen LogP contribution >= 0.6 is 11.6 Å². The van der Waals surface area contributed by atoms with Gasteiger partial charge in [0.2, 0.25) is 10.0 Å². The van der Waals surface area contributed by atoms with Gasteiger partial charge in [-0.2, -0.15) is 0 Å². The van der Waals surface area contributed by atoms with E-state index < -0.39 is 10.0 Å². The molecule has 112 valence electrons. The molecule has 1 amide bonds. The van der Waals surface area contributed by atoms with Gasteiger partial charge in [-0.05, 0) is 30.7 Å². The summed E-state index contributed by atoms with van der Waals surface area (Å²) in [6, 6.07) is 5.11. The van der Waals surface area contributed by atoms with Gasteiger partial charge in [0.05, 0.1) is 6.26 Å². The van der Waals surface area contributed by atoms with Crippen LogP contribution in [0.15, 0.2) is 18.2 Å². The summed E-state index contributed by atoms with van der Waals surface area (Å²) in [5, 5.41) is 3.17. The van der Waals surface area contributed by atoms with Crippen molar-refractivity contribution in [3.63, 3.8) is 0 Å². The van der Waals surface area contributed by atoms with Gasteiger partial charge in [-0.3, -0.25) is 4.79 Å². The Morgan fingerprint density at radius 1 is 1.35 bits per heavy atom. The van der Waals surface area contributed by atoms with E-state index in [-0.39, 0.29) is 25.6 Å². The zero-order chi connectivity index (χ0) is 15.2. The number of ether oxygens (including phenoxy) is 1. The van der Waals surface area contributed by atoms with Crippen molar-refractivity contribution in [2.75, 3.05) is 26.0 Å². The predicted molar refractivity (Wildman–Crippen MR) is 77.5 cm³/mol. The van der Waals surface area contributed by atoms with Gasteiger partial charge in [0.25, 0.3) is 5.91 Å². The summed E-state index contributed by atoms with van der Waals surface area (Å²) in [7, 11) is -3.23. The number of amides is 1. The standard InChI is InChI=1S/C12H17ClN2O4S/c1-9-7-10(3-4-11(9)13)19-8-12(16)14-5-6-15-20(2,17)18/h3-4,7,15H,5-6,8H2,1-2H3,(H,14,16). The first-order valence-corrected chi connectivity index (χ1v) is 8.15. The molecule has 0 radical (unpaired) electrons. The molecule has 0 aliphatic heterocycles. The van der Waals surface area contributed by atoms with E-state index >= 15 is 0 Å². The Hall–Kier alpha value is -1.31. The Bertz CT molecular complexity index is 575. The fourth-order valence-electron chi connectivity index (χ4n) is 1.35. The number of sulfonamides is 1. The highest BCUT2D eigenvalue weighted by atomic mass is 35.5. The number of aryl methyl sites for hydroxylation is 1. The molecule has 0 aromatic heterocycles. The molecule has 2 N–H and O–H groups in total. The molecule has 1 rings (SSSR count). The van der Waals surface area contributed by atoms with E-state index in [2.05, 4.69) is 10.0 Å². The van der Waals surface area contributed by atoms with Crippen LogP contribution in [0.1, 0.15) is 5.56 Å². The van der Waals surface area contributed by atoms with Gasteiger partial charge in [0, 0.05) is 18.1 Å². The quantitative estimate of drug-likeness (QED) is 0.724. The Morgan fingerprint density at radius 3 is 2.65 bits per heavy atom. The molecular formula is C12H17ClN2O4S. The van der Waals surface area contributed by atoms with Crippen LogP contribution < -0.4 is 14.8 Å². The minimum Gasteiger partial charge on any atom is -0.484 e.